The van der Waals surface area contributed by atoms with Crippen LogP contribution in [-0.4, -0.2) is 4.98 Å². The summed E-state index contributed by atoms with van der Waals surface area (Å²) in [6.45, 7) is 2.11. The normalized spacial score (nSPS) is 11.0. The molecule has 0 spiro atoms. The number of hydrogen-bond donors (Lipinski definition) is 0. The third-order valence-electron chi connectivity index (χ3n) is 2.31. The second-order valence-electron chi connectivity index (χ2n) is 3.50. The molecule has 0 aliphatic rings. The Morgan fingerprint density at radius 3 is 2.93 bits per heavy atom. The van der Waals surface area contributed by atoms with Crippen molar-refractivity contribution in [3.63, 3.8) is 0 Å². The fourth-order valence-electron chi connectivity index (χ4n) is 1.54. The fraction of sp³-hybridized carbons (Fsp3) is 0.0833. The maximum absolute atomic E-state index is 4.62. The highest BCUT2D eigenvalue weighted by atomic mass is 32.1. The molecule has 0 saturated carbocycles. The van der Waals surface area contributed by atoms with Gasteiger partial charge < -0.3 is 0 Å². The molecule has 3 rings (SSSR count). The Morgan fingerprint density at radius 2 is 2.13 bits per heavy atom. The van der Waals surface area contributed by atoms with Gasteiger partial charge in [-0.2, -0.15) is 11.3 Å². The number of fused-ring (bicyclic) bond motifs is 1. The molecule has 0 radical (unpaired) electrons. The fourth-order valence-corrected chi connectivity index (χ4v) is 3.32. The predicted molar refractivity (Wildman–Crippen MR) is 67.7 cm³/mol. The van der Waals surface area contributed by atoms with Crippen molar-refractivity contribution in [3.8, 4) is 10.6 Å². The first kappa shape index (κ1) is 9.07. The van der Waals surface area contributed by atoms with Crippen LogP contribution in [0.4, 0.5) is 0 Å². The van der Waals surface area contributed by atoms with Crippen LogP contribution in [0.15, 0.2) is 35.0 Å². The molecule has 0 atom stereocenters. The SMILES string of the molecule is Cc1ccc2nc(-c3ccsc3)sc2c1. The maximum Gasteiger partial charge on any atom is 0.125 e. The minimum Gasteiger partial charge on any atom is -0.236 e. The summed E-state index contributed by atoms with van der Waals surface area (Å²) in [6.07, 6.45) is 0. The van der Waals surface area contributed by atoms with Crippen molar-refractivity contribution in [2.24, 2.45) is 0 Å². The van der Waals surface area contributed by atoms with Crippen molar-refractivity contribution >= 4 is 32.9 Å². The van der Waals surface area contributed by atoms with Crippen LogP contribution in [0.3, 0.4) is 0 Å². The molecule has 0 unspecified atom stereocenters. The van der Waals surface area contributed by atoms with Crippen LogP contribution in [0.25, 0.3) is 20.8 Å². The molecule has 3 aromatic rings. The Hall–Kier alpha value is -1.19. The molecule has 0 bridgehead atoms. The number of hydrogen-bond acceptors (Lipinski definition) is 3. The molecule has 0 aliphatic carbocycles. The maximum atomic E-state index is 4.62. The minimum absolute atomic E-state index is 1.10. The van der Waals surface area contributed by atoms with E-state index in [4.69, 9.17) is 0 Å². The molecule has 0 saturated heterocycles. The lowest BCUT2D eigenvalue weighted by atomic mass is 10.2. The largest absolute Gasteiger partial charge is 0.236 e. The summed E-state index contributed by atoms with van der Waals surface area (Å²) >= 11 is 3.48. The van der Waals surface area contributed by atoms with Crippen LogP contribution >= 0.6 is 22.7 Å². The van der Waals surface area contributed by atoms with Gasteiger partial charge in [0.15, 0.2) is 0 Å². The molecule has 2 heterocycles. The van der Waals surface area contributed by atoms with Gasteiger partial charge in [0.2, 0.25) is 0 Å². The topological polar surface area (TPSA) is 12.9 Å². The number of aromatic nitrogens is 1. The number of thiophene rings is 1. The van der Waals surface area contributed by atoms with Crippen molar-refractivity contribution in [2.75, 3.05) is 0 Å². The molecule has 3 heteroatoms. The highest BCUT2D eigenvalue weighted by Gasteiger charge is 2.05. The van der Waals surface area contributed by atoms with Gasteiger partial charge in [-0.3, -0.25) is 0 Å². The van der Waals surface area contributed by atoms with Crippen molar-refractivity contribution in [1.82, 2.24) is 4.98 Å². The van der Waals surface area contributed by atoms with Crippen molar-refractivity contribution in [2.45, 2.75) is 6.92 Å². The Labute approximate surface area is 96.0 Å². The lowest BCUT2D eigenvalue weighted by Gasteiger charge is -1.88. The van der Waals surface area contributed by atoms with Crippen LogP contribution in [0.2, 0.25) is 0 Å². The Morgan fingerprint density at radius 1 is 1.20 bits per heavy atom. The van der Waals surface area contributed by atoms with Gasteiger partial charge in [0.05, 0.1) is 10.2 Å². The highest BCUT2D eigenvalue weighted by Crippen LogP contribution is 2.31. The van der Waals surface area contributed by atoms with E-state index >= 15 is 0 Å². The van der Waals surface area contributed by atoms with Crippen molar-refractivity contribution in [3.05, 3.63) is 40.6 Å². The van der Waals surface area contributed by atoms with Crippen LogP contribution in [0.1, 0.15) is 5.56 Å². The molecule has 0 aliphatic heterocycles. The van der Waals surface area contributed by atoms with E-state index in [0.29, 0.717) is 0 Å². The van der Waals surface area contributed by atoms with E-state index in [1.54, 1.807) is 22.7 Å². The number of thiazole rings is 1. The number of nitrogens with zero attached hydrogens (tertiary/aromatic N) is 1. The molecular weight excluding hydrogens is 222 g/mol. The average Bonchev–Trinajstić information content (AvgIpc) is 2.84. The minimum atomic E-state index is 1.10. The molecular formula is C12H9NS2. The van der Waals surface area contributed by atoms with Crippen LogP contribution in [0.5, 0.6) is 0 Å². The lowest BCUT2D eigenvalue weighted by Crippen LogP contribution is -1.71. The summed E-state index contributed by atoms with van der Waals surface area (Å²) in [5.41, 5.74) is 3.63. The quantitative estimate of drug-likeness (QED) is 0.607. The molecule has 0 amide bonds. The molecule has 1 aromatic carbocycles. The van der Waals surface area contributed by atoms with Gasteiger partial charge in [-0.05, 0) is 36.1 Å². The van der Waals surface area contributed by atoms with E-state index < -0.39 is 0 Å². The van der Waals surface area contributed by atoms with E-state index in [2.05, 4.69) is 46.9 Å². The third-order valence-corrected chi connectivity index (χ3v) is 4.06. The smallest absolute Gasteiger partial charge is 0.125 e. The van der Waals surface area contributed by atoms with Gasteiger partial charge >= 0.3 is 0 Å². The first-order chi connectivity index (χ1) is 7.33. The second-order valence-corrected chi connectivity index (χ2v) is 5.31. The molecule has 15 heavy (non-hydrogen) atoms. The lowest BCUT2D eigenvalue weighted by molar-refractivity contribution is 1.46. The second kappa shape index (κ2) is 3.43. The summed E-state index contributed by atoms with van der Waals surface area (Å²) in [4.78, 5) is 4.62. The first-order valence-corrected chi connectivity index (χ1v) is 6.48. The molecule has 74 valence electrons. The number of aryl methyl sites for hydroxylation is 1. The monoisotopic (exact) mass is 231 g/mol. The third kappa shape index (κ3) is 1.58. The predicted octanol–water partition coefficient (Wildman–Crippen LogP) is 4.33. The van der Waals surface area contributed by atoms with Gasteiger partial charge in [0.1, 0.15) is 5.01 Å². The molecule has 0 fully saturated rings. The summed E-state index contributed by atoms with van der Waals surface area (Å²) in [7, 11) is 0. The van der Waals surface area contributed by atoms with Gasteiger partial charge in [-0.1, -0.05) is 6.07 Å². The average molecular weight is 231 g/mol. The van der Waals surface area contributed by atoms with Gasteiger partial charge in [-0.25, -0.2) is 4.98 Å². The van der Waals surface area contributed by atoms with Gasteiger partial charge in [-0.15, -0.1) is 11.3 Å². The zero-order valence-corrected chi connectivity index (χ0v) is 9.86. The number of benzene rings is 1. The summed E-state index contributed by atoms with van der Waals surface area (Å²) < 4.78 is 1.27. The van der Waals surface area contributed by atoms with Crippen LogP contribution < -0.4 is 0 Å². The zero-order chi connectivity index (χ0) is 10.3. The Kier molecular flexibility index (Phi) is 2.08. The van der Waals surface area contributed by atoms with Gasteiger partial charge in [0.25, 0.3) is 0 Å². The van der Waals surface area contributed by atoms with Gasteiger partial charge in [0, 0.05) is 10.9 Å². The Bertz CT molecular complexity index is 593. The van der Waals surface area contributed by atoms with Crippen molar-refractivity contribution in [1.29, 1.82) is 0 Å². The van der Waals surface area contributed by atoms with E-state index in [1.807, 2.05) is 0 Å². The molecule has 1 nitrogen and oxygen atoms in total. The van der Waals surface area contributed by atoms with Crippen molar-refractivity contribution < 1.29 is 0 Å². The van der Waals surface area contributed by atoms with E-state index in [-0.39, 0.29) is 0 Å². The van der Waals surface area contributed by atoms with Crippen LogP contribution in [0, 0.1) is 6.92 Å². The zero-order valence-electron chi connectivity index (χ0n) is 8.23. The summed E-state index contributed by atoms with van der Waals surface area (Å²) in [5.74, 6) is 0. The summed E-state index contributed by atoms with van der Waals surface area (Å²) in [5, 5.41) is 5.36. The standard InChI is InChI=1S/C12H9NS2/c1-8-2-3-10-11(6-8)15-12(13-10)9-4-5-14-7-9/h2-7H,1H3. The molecule has 0 N–H and O–H groups in total. The first-order valence-electron chi connectivity index (χ1n) is 4.73. The highest BCUT2D eigenvalue weighted by molar-refractivity contribution is 7.22. The van der Waals surface area contributed by atoms with E-state index in [0.717, 1.165) is 10.5 Å². The molecule has 2 aromatic heterocycles. The van der Waals surface area contributed by atoms with E-state index in [1.165, 1.54) is 15.8 Å². The van der Waals surface area contributed by atoms with Crippen LogP contribution in [-0.2, 0) is 0 Å². The number of rotatable bonds is 1. The Balaban J connectivity index is 2.22. The summed E-state index contributed by atoms with van der Waals surface area (Å²) in [6, 6.07) is 8.52. The van der Waals surface area contributed by atoms with E-state index in [9.17, 15) is 0 Å².